The molecule has 1 aromatic rings. The molecule has 0 saturated carbocycles. The van der Waals surface area contributed by atoms with Crippen molar-refractivity contribution in [1.29, 1.82) is 0 Å². The highest BCUT2D eigenvalue weighted by Crippen LogP contribution is 2.39. The highest BCUT2D eigenvalue weighted by atomic mass is 19.4. The lowest BCUT2D eigenvalue weighted by Crippen LogP contribution is -2.27. The van der Waals surface area contributed by atoms with Crippen LogP contribution in [0.25, 0.3) is 0 Å². The SMILES string of the molecule is C#CC1CC(=O)N(c2cc(C)ccc2C(F)(F)F)C1. The van der Waals surface area contributed by atoms with E-state index in [1.807, 2.05) is 0 Å². The second-order valence-electron chi connectivity index (χ2n) is 4.59. The van der Waals surface area contributed by atoms with Gasteiger partial charge in [0, 0.05) is 18.9 Å². The zero-order valence-corrected chi connectivity index (χ0v) is 10.3. The Balaban J connectivity index is 2.48. The van der Waals surface area contributed by atoms with Crippen LogP contribution >= 0.6 is 0 Å². The van der Waals surface area contributed by atoms with Crippen LogP contribution in [-0.2, 0) is 11.0 Å². The third-order valence-corrected chi connectivity index (χ3v) is 3.11. The predicted octanol–water partition coefficient (Wildman–Crippen LogP) is 3.00. The van der Waals surface area contributed by atoms with E-state index in [4.69, 9.17) is 6.42 Å². The second-order valence-corrected chi connectivity index (χ2v) is 4.59. The third kappa shape index (κ3) is 2.58. The summed E-state index contributed by atoms with van der Waals surface area (Å²) < 4.78 is 38.9. The molecule has 0 spiro atoms. The van der Waals surface area contributed by atoms with E-state index in [9.17, 15) is 18.0 Å². The van der Waals surface area contributed by atoms with Crippen LogP contribution in [0.15, 0.2) is 18.2 Å². The van der Waals surface area contributed by atoms with Gasteiger partial charge in [-0.15, -0.1) is 12.3 Å². The molecule has 0 radical (unpaired) electrons. The van der Waals surface area contributed by atoms with Crippen molar-refractivity contribution < 1.29 is 18.0 Å². The number of carbonyl (C=O) groups excluding carboxylic acids is 1. The molecule has 0 bridgehead atoms. The normalized spacial score (nSPS) is 19.6. The van der Waals surface area contributed by atoms with Crippen LogP contribution in [-0.4, -0.2) is 12.5 Å². The summed E-state index contributed by atoms with van der Waals surface area (Å²) in [6, 6.07) is 3.76. The van der Waals surface area contributed by atoms with Gasteiger partial charge in [0.15, 0.2) is 0 Å². The van der Waals surface area contributed by atoms with Gasteiger partial charge in [0.1, 0.15) is 0 Å². The van der Waals surface area contributed by atoms with Gasteiger partial charge in [-0.1, -0.05) is 6.07 Å². The number of carbonyl (C=O) groups is 1. The van der Waals surface area contributed by atoms with Gasteiger partial charge in [0.05, 0.1) is 11.3 Å². The molecule has 1 aliphatic heterocycles. The minimum Gasteiger partial charge on any atom is -0.311 e. The summed E-state index contributed by atoms with van der Waals surface area (Å²) in [6.07, 6.45) is 0.849. The molecular formula is C14H12F3NO. The highest BCUT2D eigenvalue weighted by Gasteiger charge is 2.38. The number of nitrogens with zero attached hydrogens (tertiary/aromatic N) is 1. The zero-order valence-electron chi connectivity index (χ0n) is 10.3. The standard InChI is InChI=1S/C14H12F3NO/c1-3-10-7-13(19)18(8-10)12-6-9(2)4-5-11(12)14(15,16)17/h1,4-6,10H,7-8H2,2H3. The lowest BCUT2D eigenvalue weighted by atomic mass is 10.1. The van der Waals surface area contributed by atoms with Gasteiger partial charge in [-0.2, -0.15) is 13.2 Å². The first-order valence-electron chi connectivity index (χ1n) is 5.77. The van der Waals surface area contributed by atoms with Crippen LogP contribution in [0, 0.1) is 25.2 Å². The van der Waals surface area contributed by atoms with Crippen molar-refractivity contribution in [3.63, 3.8) is 0 Å². The quantitative estimate of drug-likeness (QED) is 0.716. The number of terminal acetylenes is 1. The second kappa shape index (κ2) is 4.61. The lowest BCUT2D eigenvalue weighted by molar-refractivity contribution is -0.137. The van der Waals surface area contributed by atoms with Crippen molar-refractivity contribution >= 4 is 11.6 Å². The smallest absolute Gasteiger partial charge is 0.311 e. The molecule has 100 valence electrons. The van der Waals surface area contributed by atoms with Gasteiger partial charge in [-0.25, -0.2) is 0 Å². The first-order valence-corrected chi connectivity index (χ1v) is 5.77. The van der Waals surface area contributed by atoms with Crippen molar-refractivity contribution in [3.8, 4) is 12.3 Å². The Bertz CT molecular complexity index is 557. The van der Waals surface area contributed by atoms with Crippen molar-refractivity contribution in [2.24, 2.45) is 5.92 Å². The number of aryl methyl sites for hydroxylation is 1. The number of hydrogen-bond acceptors (Lipinski definition) is 1. The number of rotatable bonds is 1. The molecule has 1 fully saturated rings. The fraction of sp³-hybridized carbons (Fsp3) is 0.357. The van der Waals surface area contributed by atoms with E-state index in [0.717, 1.165) is 11.0 Å². The topological polar surface area (TPSA) is 20.3 Å². The Kier molecular flexibility index (Phi) is 3.27. The molecule has 2 rings (SSSR count). The van der Waals surface area contributed by atoms with Crippen LogP contribution in [0.5, 0.6) is 0 Å². The first kappa shape index (κ1) is 13.5. The van der Waals surface area contributed by atoms with Gasteiger partial charge >= 0.3 is 6.18 Å². The number of halogens is 3. The average Bonchev–Trinajstić information content (AvgIpc) is 2.68. The minimum atomic E-state index is -4.49. The molecule has 0 aliphatic carbocycles. The minimum absolute atomic E-state index is 0.0989. The molecule has 2 nitrogen and oxygen atoms in total. The molecule has 19 heavy (non-hydrogen) atoms. The Hall–Kier alpha value is -1.96. The van der Waals surface area contributed by atoms with E-state index in [0.29, 0.717) is 5.56 Å². The molecule has 5 heteroatoms. The molecule has 1 saturated heterocycles. The summed E-state index contributed by atoms with van der Waals surface area (Å²) in [6.45, 7) is 1.82. The third-order valence-electron chi connectivity index (χ3n) is 3.11. The summed E-state index contributed by atoms with van der Waals surface area (Å²) in [7, 11) is 0. The molecule has 1 aromatic carbocycles. The molecule has 1 aliphatic rings. The molecule has 1 heterocycles. The summed E-state index contributed by atoms with van der Waals surface area (Å²) in [4.78, 5) is 12.9. The van der Waals surface area contributed by atoms with E-state index in [-0.39, 0.29) is 30.5 Å². The van der Waals surface area contributed by atoms with Crippen LogP contribution in [0.2, 0.25) is 0 Å². The Morgan fingerprint density at radius 2 is 2.11 bits per heavy atom. The Morgan fingerprint density at radius 1 is 1.42 bits per heavy atom. The fourth-order valence-electron chi connectivity index (χ4n) is 2.16. The van der Waals surface area contributed by atoms with E-state index in [1.165, 1.54) is 12.1 Å². The maximum absolute atomic E-state index is 13.0. The average molecular weight is 267 g/mol. The zero-order chi connectivity index (χ0) is 14.2. The van der Waals surface area contributed by atoms with Crippen molar-refractivity contribution in [2.45, 2.75) is 19.5 Å². The van der Waals surface area contributed by atoms with Crippen molar-refractivity contribution in [1.82, 2.24) is 0 Å². The van der Waals surface area contributed by atoms with E-state index in [1.54, 1.807) is 6.92 Å². The Morgan fingerprint density at radius 3 is 2.63 bits per heavy atom. The summed E-state index contributed by atoms with van der Waals surface area (Å²) >= 11 is 0. The largest absolute Gasteiger partial charge is 0.418 e. The molecule has 1 unspecified atom stereocenters. The van der Waals surface area contributed by atoms with Gasteiger partial charge in [0.25, 0.3) is 0 Å². The summed E-state index contributed by atoms with van der Waals surface area (Å²) in [5, 5.41) is 0. The molecule has 0 aromatic heterocycles. The van der Waals surface area contributed by atoms with Gasteiger partial charge < -0.3 is 4.90 Å². The van der Waals surface area contributed by atoms with Crippen molar-refractivity contribution in [2.75, 3.05) is 11.4 Å². The number of anilines is 1. The number of hydrogen-bond donors (Lipinski definition) is 0. The first-order chi connectivity index (χ1) is 8.82. The van der Waals surface area contributed by atoms with Gasteiger partial charge in [-0.05, 0) is 24.6 Å². The van der Waals surface area contributed by atoms with Crippen molar-refractivity contribution in [3.05, 3.63) is 29.3 Å². The number of alkyl halides is 3. The van der Waals surface area contributed by atoms with Crippen LogP contribution in [0.3, 0.4) is 0 Å². The van der Waals surface area contributed by atoms with Crippen LogP contribution in [0.4, 0.5) is 18.9 Å². The van der Waals surface area contributed by atoms with Gasteiger partial charge in [0.2, 0.25) is 5.91 Å². The summed E-state index contributed by atoms with van der Waals surface area (Å²) in [5.41, 5.74) is -0.237. The van der Waals surface area contributed by atoms with E-state index < -0.39 is 11.7 Å². The summed E-state index contributed by atoms with van der Waals surface area (Å²) in [5.74, 6) is 1.74. The molecule has 1 atom stereocenters. The van der Waals surface area contributed by atoms with E-state index in [2.05, 4.69) is 5.92 Å². The molecule has 1 amide bonds. The highest BCUT2D eigenvalue weighted by molar-refractivity contribution is 5.97. The Labute approximate surface area is 109 Å². The van der Waals surface area contributed by atoms with Crippen LogP contribution in [0.1, 0.15) is 17.5 Å². The van der Waals surface area contributed by atoms with Gasteiger partial charge in [-0.3, -0.25) is 4.79 Å². The number of amides is 1. The predicted molar refractivity (Wildman–Crippen MR) is 65.5 cm³/mol. The molecule has 0 N–H and O–H groups in total. The lowest BCUT2D eigenvalue weighted by Gasteiger charge is -2.21. The maximum Gasteiger partial charge on any atom is 0.418 e. The van der Waals surface area contributed by atoms with Crippen LogP contribution < -0.4 is 4.90 Å². The number of benzene rings is 1. The molecular weight excluding hydrogens is 255 g/mol. The fourth-order valence-corrected chi connectivity index (χ4v) is 2.16. The maximum atomic E-state index is 13.0. The monoisotopic (exact) mass is 267 g/mol. The van der Waals surface area contributed by atoms with E-state index >= 15 is 0 Å².